The first-order chi connectivity index (χ1) is 21.6. The van der Waals surface area contributed by atoms with Gasteiger partial charge in [-0.25, -0.2) is 0 Å². The van der Waals surface area contributed by atoms with Crippen LogP contribution in [0.5, 0.6) is 0 Å². The molecule has 6 rings (SSSR count). The van der Waals surface area contributed by atoms with Crippen molar-refractivity contribution in [2.45, 2.75) is 66.6 Å². The Labute approximate surface area is 278 Å². The molecule has 226 valence electrons. The molecule has 0 aliphatic carbocycles. The minimum atomic E-state index is -1.92. The average Bonchev–Trinajstić information content (AvgIpc) is 2.97. The molecule has 0 N–H and O–H groups in total. The molecule has 0 unspecified atom stereocenters. The van der Waals surface area contributed by atoms with Crippen LogP contribution in [0.3, 0.4) is 0 Å². The van der Waals surface area contributed by atoms with E-state index >= 15 is 0 Å². The summed E-state index contributed by atoms with van der Waals surface area (Å²) in [5, 5.41) is 12.3. The normalized spacial score (nSPS) is 12.1. The molecular formula is C43H43BrSi. The molecule has 0 amide bonds. The van der Waals surface area contributed by atoms with E-state index < -0.39 is 8.07 Å². The number of benzene rings is 6. The highest BCUT2D eigenvalue weighted by atomic mass is 79.9. The van der Waals surface area contributed by atoms with Crippen molar-refractivity contribution in [3.05, 3.63) is 94.5 Å². The Morgan fingerprint density at radius 1 is 0.533 bits per heavy atom. The summed E-state index contributed by atoms with van der Waals surface area (Å²) in [7, 11) is -1.92. The van der Waals surface area contributed by atoms with Gasteiger partial charge >= 0.3 is 0 Å². The summed E-state index contributed by atoms with van der Waals surface area (Å²) in [5.41, 5.74) is 6.42. The number of hydrogen-bond acceptors (Lipinski definition) is 0. The van der Waals surface area contributed by atoms with E-state index in [2.05, 4.69) is 160 Å². The summed E-state index contributed by atoms with van der Waals surface area (Å²) >= 11 is 3.71. The molecule has 0 aliphatic rings. The smallest absolute Gasteiger partial charge is 0.126 e. The van der Waals surface area contributed by atoms with Crippen LogP contribution in [-0.4, -0.2) is 8.07 Å². The van der Waals surface area contributed by atoms with Crippen molar-refractivity contribution >= 4 is 77.9 Å². The van der Waals surface area contributed by atoms with Gasteiger partial charge in [-0.15, -0.1) is 11.5 Å². The average molecular weight is 668 g/mol. The number of fused-ring (bicyclic) bond motifs is 5. The van der Waals surface area contributed by atoms with E-state index in [1.54, 1.807) is 0 Å². The third kappa shape index (κ3) is 6.42. The molecule has 0 nitrogen and oxygen atoms in total. The minimum absolute atomic E-state index is 0.638. The van der Waals surface area contributed by atoms with Gasteiger partial charge in [0.2, 0.25) is 0 Å². The van der Waals surface area contributed by atoms with E-state index in [-0.39, 0.29) is 0 Å². The Morgan fingerprint density at radius 3 is 1.42 bits per heavy atom. The Balaban J connectivity index is 1.77. The Bertz CT molecular complexity index is 2190. The Hall–Kier alpha value is -3.56. The standard InChI is InChI=1S/C43H43BrSi/c1-8-11-38-41-22-34-18-31-12-9-10-13-32(31)19-35(34)23-43(41)39(40-21-33-14-15-37(44)20-36(33)24-42(38)40)16-17-45(25-28(2)3,26-29(4)5)27-30(6)7/h9-10,12-15,18-24,28-30H,25-27H2,1-7H3. The van der Waals surface area contributed by atoms with Crippen molar-refractivity contribution < 1.29 is 0 Å². The molecule has 0 spiro atoms. The van der Waals surface area contributed by atoms with Crippen molar-refractivity contribution in [3.8, 4) is 23.3 Å². The lowest BCUT2D eigenvalue weighted by atomic mass is 9.88. The molecule has 0 heterocycles. The molecule has 6 aromatic carbocycles. The summed E-state index contributed by atoms with van der Waals surface area (Å²) in [4.78, 5) is 0. The zero-order valence-electron chi connectivity index (χ0n) is 27.7. The first-order valence-electron chi connectivity index (χ1n) is 16.5. The van der Waals surface area contributed by atoms with Crippen LogP contribution in [-0.2, 0) is 0 Å². The van der Waals surface area contributed by atoms with Crippen LogP contribution >= 0.6 is 15.9 Å². The van der Waals surface area contributed by atoms with Crippen LogP contribution in [0.15, 0.2) is 83.3 Å². The first-order valence-corrected chi connectivity index (χ1v) is 19.9. The summed E-state index contributed by atoms with van der Waals surface area (Å²) in [6.45, 7) is 16.2. The van der Waals surface area contributed by atoms with E-state index in [9.17, 15) is 0 Å². The minimum Gasteiger partial charge on any atom is -0.126 e. The fourth-order valence-corrected chi connectivity index (χ4v) is 14.0. The molecule has 0 bridgehead atoms. The number of halogens is 1. The Kier molecular flexibility index (Phi) is 8.85. The predicted molar refractivity (Wildman–Crippen MR) is 206 cm³/mol. The van der Waals surface area contributed by atoms with Crippen LogP contribution in [0, 0.1) is 41.1 Å². The third-order valence-corrected chi connectivity index (χ3v) is 14.9. The third-order valence-electron chi connectivity index (χ3n) is 8.96. The van der Waals surface area contributed by atoms with Gasteiger partial charge in [-0.05, 0) is 145 Å². The summed E-state index contributed by atoms with van der Waals surface area (Å²) in [5.74, 6) is 12.7. The molecule has 0 aromatic heterocycles. The van der Waals surface area contributed by atoms with Gasteiger partial charge in [0.15, 0.2) is 0 Å². The van der Waals surface area contributed by atoms with Gasteiger partial charge < -0.3 is 0 Å². The van der Waals surface area contributed by atoms with Gasteiger partial charge in [-0.3, -0.25) is 0 Å². The van der Waals surface area contributed by atoms with Crippen molar-refractivity contribution in [2.24, 2.45) is 17.8 Å². The van der Waals surface area contributed by atoms with Gasteiger partial charge in [0, 0.05) is 15.6 Å². The van der Waals surface area contributed by atoms with Crippen molar-refractivity contribution in [2.75, 3.05) is 0 Å². The second-order valence-electron chi connectivity index (χ2n) is 14.3. The summed E-state index contributed by atoms with van der Waals surface area (Å²) < 4.78 is 1.09. The van der Waals surface area contributed by atoms with Crippen molar-refractivity contribution in [1.82, 2.24) is 0 Å². The molecule has 6 aromatic rings. The van der Waals surface area contributed by atoms with Crippen LogP contribution in [0.4, 0.5) is 0 Å². The maximum Gasteiger partial charge on any atom is 0.139 e. The van der Waals surface area contributed by atoms with Gasteiger partial charge in [0.05, 0.1) is 0 Å². The quantitative estimate of drug-likeness (QED) is 0.0942. The fourth-order valence-electron chi connectivity index (χ4n) is 7.72. The Morgan fingerprint density at radius 2 is 0.956 bits per heavy atom. The highest BCUT2D eigenvalue weighted by molar-refractivity contribution is 9.10. The van der Waals surface area contributed by atoms with Crippen molar-refractivity contribution in [3.63, 3.8) is 0 Å². The van der Waals surface area contributed by atoms with Crippen molar-refractivity contribution in [1.29, 1.82) is 0 Å². The molecule has 0 saturated heterocycles. The molecule has 45 heavy (non-hydrogen) atoms. The summed E-state index contributed by atoms with van der Waals surface area (Å²) in [6, 6.07) is 33.1. The van der Waals surface area contributed by atoms with Crippen LogP contribution in [0.1, 0.15) is 59.6 Å². The van der Waals surface area contributed by atoms with E-state index in [0.29, 0.717) is 17.8 Å². The maximum absolute atomic E-state index is 4.16. The van der Waals surface area contributed by atoms with E-state index in [0.717, 1.165) is 15.6 Å². The van der Waals surface area contributed by atoms with E-state index in [4.69, 9.17) is 0 Å². The van der Waals surface area contributed by atoms with E-state index in [1.165, 1.54) is 72.0 Å². The SMILES string of the molecule is CC#Cc1c2cc3cc(Br)ccc3cc2c(C#C[Si](CC(C)C)(CC(C)C)CC(C)C)c2cc3cc4ccccc4cc3cc12. The molecular weight excluding hydrogens is 624 g/mol. The fraction of sp³-hybridized carbons (Fsp3) is 0.302. The molecule has 0 radical (unpaired) electrons. The predicted octanol–water partition coefficient (Wildman–Crippen LogP) is 12.9. The lowest BCUT2D eigenvalue weighted by molar-refractivity contribution is 0.650. The first kappa shape index (κ1) is 31.4. The summed E-state index contributed by atoms with van der Waals surface area (Å²) in [6.07, 6.45) is 0. The monoisotopic (exact) mass is 666 g/mol. The second-order valence-corrected chi connectivity index (χ2v) is 19.2. The maximum atomic E-state index is 4.16. The largest absolute Gasteiger partial charge is 0.139 e. The molecule has 2 heteroatoms. The van der Waals surface area contributed by atoms with Gasteiger partial charge in [0.1, 0.15) is 8.07 Å². The lowest BCUT2D eigenvalue weighted by Crippen LogP contribution is -2.37. The highest BCUT2D eigenvalue weighted by Gasteiger charge is 2.34. The number of rotatable bonds is 6. The molecule has 0 fully saturated rings. The van der Waals surface area contributed by atoms with Gasteiger partial charge in [-0.1, -0.05) is 99.6 Å². The zero-order chi connectivity index (χ0) is 31.9. The second kappa shape index (κ2) is 12.7. The van der Waals surface area contributed by atoms with E-state index in [1.807, 2.05) is 6.92 Å². The van der Waals surface area contributed by atoms with Crippen LogP contribution in [0.25, 0.3) is 53.9 Å². The van der Waals surface area contributed by atoms with Crippen LogP contribution < -0.4 is 0 Å². The lowest BCUT2D eigenvalue weighted by Gasteiger charge is -2.31. The highest BCUT2D eigenvalue weighted by Crippen LogP contribution is 2.39. The van der Waals surface area contributed by atoms with Gasteiger partial charge in [0.25, 0.3) is 0 Å². The number of hydrogen-bond donors (Lipinski definition) is 0. The molecule has 0 atom stereocenters. The van der Waals surface area contributed by atoms with Gasteiger partial charge in [-0.2, -0.15) is 0 Å². The molecule has 0 saturated carbocycles. The topological polar surface area (TPSA) is 0 Å². The van der Waals surface area contributed by atoms with Crippen LogP contribution in [0.2, 0.25) is 18.1 Å². The molecule has 0 aliphatic heterocycles. The zero-order valence-corrected chi connectivity index (χ0v) is 30.3.